The fraction of sp³-hybridized carbons (Fsp3) is 0.278. The van der Waals surface area contributed by atoms with E-state index in [0.29, 0.717) is 12.2 Å². The fourth-order valence-corrected chi connectivity index (χ4v) is 4.53. The number of thioether (sulfide) groups is 1. The largest absolute Gasteiger partial charge is 0.312 e. The van der Waals surface area contributed by atoms with Gasteiger partial charge in [0, 0.05) is 29.7 Å². The molecule has 1 aliphatic rings. The number of fused-ring (bicyclic) bond motifs is 1. The number of nitrogens with zero attached hydrogens (tertiary/aromatic N) is 1. The summed E-state index contributed by atoms with van der Waals surface area (Å²) in [6, 6.07) is 12.2. The topological polar surface area (TPSA) is 66.5 Å². The van der Waals surface area contributed by atoms with Crippen molar-refractivity contribution >= 4 is 39.1 Å². The van der Waals surface area contributed by atoms with Crippen LogP contribution in [-0.2, 0) is 21.2 Å². The monoisotopic (exact) mass is 376 g/mol. The van der Waals surface area contributed by atoms with Crippen LogP contribution in [0.15, 0.2) is 52.3 Å². The lowest BCUT2D eigenvalue weighted by Gasteiger charge is -2.28. The zero-order valence-electron chi connectivity index (χ0n) is 14.2. The van der Waals surface area contributed by atoms with Crippen molar-refractivity contribution in [2.75, 3.05) is 22.4 Å². The zero-order chi connectivity index (χ0) is 18.0. The molecule has 3 rings (SSSR count). The Kier molecular flexibility index (Phi) is 5.06. The molecule has 2 aromatic rings. The van der Waals surface area contributed by atoms with Crippen molar-refractivity contribution in [3.63, 3.8) is 0 Å². The molecule has 5 nitrogen and oxygen atoms in total. The summed E-state index contributed by atoms with van der Waals surface area (Å²) in [7, 11) is -3.67. The van der Waals surface area contributed by atoms with Gasteiger partial charge in [0.2, 0.25) is 5.91 Å². The number of nitrogens with one attached hydrogen (secondary N) is 1. The summed E-state index contributed by atoms with van der Waals surface area (Å²) in [5.41, 5.74) is 2.24. The highest BCUT2D eigenvalue weighted by Crippen LogP contribution is 2.30. The Morgan fingerprint density at radius 1 is 1.20 bits per heavy atom. The molecule has 1 N–H and O–H groups in total. The maximum atomic E-state index is 12.7. The number of sulfonamides is 1. The van der Waals surface area contributed by atoms with E-state index in [-0.39, 0.29) is 10.8 Å². The molecular formula is C18H20N2O3S2. The predicted octanol–water partition coefficient (Wildman–Crippen LogP) is 3.51. The van der Waals surface area contributed by atoms with E-state index in [1.165, 1.54) is 6.92 Å². The molecule has 25 heavy (non-hydrogen) atoms. The molecule has 0 aliphatic carbocycles. The summed E-state index contributed by atoms with van der Waals surface area (Å²) in [5.74, 6) is -0.0245. The van der Waals surface area contributed by atoms with Gasteiger partial charge in [-0.05, 0) is 61.1 Å². The van der Waals surface area contributed by atoms with E-state index in [1.807, 2.05) is 18.4 Å². The van der Waals surface area contributed by atoms with Gasteiger partial charge in [0.15, 0.2) is 0 Å². The minimum absolute atomic E-state index is 0.0245. The van der Waals surface area contributed by atoms with Gasteiger partial charge in [-0.1, -0.05) is 6.07 Å². The molecule has 0 aromatic heterocycles. The van der Waals surface area contributed by atoms with Gasteiger partial charge in [-0.25, -0.2) is 8.42 Å². The standard InChI is InChI=1S/C18H20N2O3S2/c1-13(21)20-10-4-5-14-11-17(8-9-18(14)20)25(22,23)19-15-6-3-7-16(12-15)24-2/h3,6-9,11-12,19H,4-5,10H2,1-2H3. The van der Waals surface area contributed by atoms with E-state index in [0.717, 1.165) is 29.0 Å². The van der Waals surface area contributed by atoms with E-state index >= 15 is 0 Å². The molecule has 1 aliphatic heterocycles. The summed E-state index contributed by atoms with van der Waals surface area (Å²) in [4.78, 5) is 14.6. The molecular weight excluding hydrogens is 356 g/mol. The summed E-state index contributed by atoms with van der Waals surface area (Å²) in [6.45, 7) is 2.20. The molecule has 0 bridgehead atoms. The number of carbonyl (C=O) groups is 1. The van der Waals surface area contributed by atoms with Gasteiger partial charge in [0.05, 0.1) is 4.90 Å². The zero-order valence-corrected chi connectivity index (χ0v) is 15.8. The SMILES string of the molecule is CSc1cccc(NS(=O)(=O)c2ccc3c(c2)CCCN3C(C)=O)c1. The number of aryl methyl sites for hydroxylation is 1. The minimum Gasteiger partial charge on any atom is -0.312 e. The van der Waals surface area contributed by atoms with E-state index in [4.69, 9.17) is 0 Å². The quantitative estimate of drug-likeness (QED) is 0.830. The lowest BCUT2D eigenvalue weighted by molar-refractivity contribution is -0.116. The number of hydrogen-bond donors (Lipinski definition) is 1. The number of rotatable bonds is 4. The van der Waals surface area contributed by atoms with E-state index in [1.54, 1.807) is 47.0 Å². The second-order valence-corrected chi connectivity index (χ2v) is 8.46. The first-order valence-corrected chi connectivity index (χ1v) is 10.7. The third kappa shape index (κ3) is 3.82. The number of anilines is 2. The summed E-state index contributed by atoms with van der Waals surface area (Å²) >= 11 is 1.55. The van der Waals surface area contributed by atoms with Crippen LogP contribution in [0.5, 0.6) is 0 Å². The summed E-state index contributed by atoms with van der Waals surface area (Å²) < 4.78 is 28.0. The maximum Gasteiger partial charge on any atom is 0.261 e. The molecule has 0 saturated carbocycles. The Morgan fingerprint density at radius 2 is 2.00 bits per heavy atom. The highest BCUT2D eigenvalue weighted by Gasteiger charge is 2.23. The predicted molar refractivity (Wildman–Crippen MR) is 102 cm³/mol. The van der Waals surface area contributed by atoms with Crippen LogP contribution in [0.3, 0.4) is 0 Å². The molecule has 1 amide bonds. The Balaban J connectivity index is 1.91. The lowest BCUT2D eigenvalue weighted by atomic mass is 10.0. The molecule has 0 radical (unpaired) electrons. The molecule has 0 saturated heterocycles. The third-order valence-corrected chi connectivity index (χ3v) is 6.29. The minimum atomic E-state index is -3.67. The van der Waals surface area contributed by atoms with Crippen LogP contribution in [0.2, 0.25) is 0 Å². The van der Waals surface area contributed by atoms with Crippen molar-refractivity contribution in [2.45, 2.75) is 29.6 Å². The summed E-state index contributed by atoms with van der Waals surface area (Å²) in [6.07, 6.45) is 3.54. The molecule has 0 atom stereocenters. The van der Waals surface area contributed by atoms with Crippen molar-refractivity contribution < 1.29 is 13.2 Å². The van der Waals surface area contributed by atoms with Gasteiger partial charge >= 0.3 is 0 Å². The van der Waals surface area contributed by atoms with Crippen LogP contribution in [0.1, 0.15) is 18.9 Å². The maximum absolute atomic E-state index is 12.7. The molecule has 7 heteroatoms. The number of carbonyl (C=O) groups excluding carboxylic acids is 1. The number of hydrogen-bond acceptors (Lipinski definition) is 4. The smallest absolute Gasteiger partial charge is 0.261 e. The van der Waals surface area contributed by atoms with Crippen molar-refractivity contribution in [1.29, 1.82) is 0 Å². The first kappa shape index (κ1) is 17.8. The molecule has 132 valence electrons. The van der Waals surface area contributed by atoms with Crippen LogP contribution in [0.25, 0.3) is 0 Å². The number of amides is 1. The third-order valence-electron chi connectivity index (χ3n) is 4.18. The second kappa shape index (κ2) is 7.09. The highest BCUT2D eigenvalue weighted by atomic mass is 32.2. The van der Waals surface area contributed by atoms with Crippen LogP contribution < -0.4 is 9.62 Å². The fourth-order valence-electron chi connectivity index (χ4n) is 2.97. The first-order valence-electron chi connectivity index (χ1n) is 7.98. The molecule has 1 heterocycles. The lowest BCUT2D eigenvalue weighted by Crippen LogP contribution is -2.33. The van der Waals surface area contributed by atoms with Gasteiger partial charge in [0.25, 0.3) is 10.0 Å². The molecule has 2 aromatic carbocycles. The molecule has 0 fully saturated rings. The summed E-state index contributed by atoms with van der Waals surface area (Å²) in [5, 5.41) is 0. The second-order valence-electron chi connectivity index (χ2n) is 5.90. The van der Waals surface area contributed by atoms with Gasteiger partial charge in [-0.15, -0.1) is 11.8 Å². The highest BCUT2D eigenvalue weighted by molar-refractivity contribution is 7.98. The Bertz CT molecular complexity index is 910. The van der Waals surface area contributed by atoms with Crippen molar-refractivity contribution in [1.82, 2.24) is 0 Å². The normalized spacial score (nSPS) is 14.1. The van der Waals surface area contributed by atoms with Crippen LogP contribution in [-0.4, -0.2) is 27.1 Å². The van der Waals surface area contributed by atoms with Gasteiger partial charge in [-0.2, -0.15) is 0 Å². The van der Waals surface area contributed by atoms with E-state index < -0.39 is 10.0 Å². The Morgan fingerprint density at radius 3 is 2.72 bits per heavy atom. The van der Waals surface area contributed by atoms with Crippen molar-refractivity contribution in [3.05, 3.63) is 48.0 Å². The number of benzene rings is 2. The van der Waals surface area contributed by atoms with E-state index in [2.05, 4.69) is 4.72 Å². The van der Waals surface area contributed by atoms with Crippen LogP contribution in [0, 0.1) is 0 Å². The van der Waals surface area contributed by atoms with Crippen molar-refractivity contribution in [3.8, 4) is 0 Å². The van der Waals surface area contributed by atoms with Crippen molar-refractivity contribution in [2.24, 2.45) is 0 Å². The van der Waals surface area contributed by atoms with Gasteiger partial charge in [-0.3, -0.25) is 9.52 Å². The average Bonchev–Trinajstić information content (AvgIpc) is 2.60. The molecule has 0 spiro atoms. The van der Waals surface area contributed by atoms with Gasteiger partial charge < -0.3 is 4.90 Å². The first-order chi connectivity index (χ1) is 11.9. The molecule has 0 unspecified atom stereocenters. The Hall–Kier alpha value is -1.99. The van der Waals surface area contributed by atoms with E-state index in [9.17, 15) is 13.2 Å². The average molecular weight is 377 g/mol. The van der Waals surface area contributed by atoms with Crippen LogP contribution >= 0.6 is 11.8 Å². The van der Waals surface area contributed by atoms with Crippen LogP contribution in [0.4, 0.5) is 11.4 Å². The Labute approximate surface area is 152 Å². The van der Waals surface area contributed by atoms with Gasteiger partial charge in [0.1, 0.15) is 0 Å².